The second-order valence-corrected chi connectivity index (χ2v) is 6.25. The summed E-state index contributed by atoms with van der Waals surface area (Å²) in [4.78, 5) is 32.9. The second-order valence-electron chi connectivity index (χ2n) is 6.25. The molecule has 2 N–H and O–H groups in total. The zero-order valence-corrected chi connectivity index (χ0v) is 14.4. The Labute approximate surface area is 146 Å². The summed E-state index contributed by atoms with van der Waals surface area (Å²) in [6.07, 6.45) is 1.10. The number of ether oxygens (including phenoxy) is 1. The number of nitrogens with one attached hydrogen (secondary N) is 2. The van der Waals surface area contributed by atoms with E-state index in [-0.39, 0.29) is 12.5 Å². The third kappa shape index (κ3) is 6.60. The molecule has 0 radical (unpaired) electrons. The molecule has 0 fully saturated rings. The zero-order valence-electron chi connectivity index (χ0n) is 14.4. The van der Waals surface area contributed by atoms with E-state index in [0.29, 0.717) is 16.9 Å². The van der Waals surface area contributed by atoms with Gasteiger partial charge in [0.25, 0.3) is 5.91 Å². The molecule has 0 bridgehead atoms. The molecule has 7 heteroatoms. The number of hydrogen-bond donors (Lipinski definition) is 2. The minimum absolute atomic E-state index is 0.171. The summed E-state index contributed by atoms with van der Waals surface area (Å²) in [7, 11) is 0. The summed E-state index contributed by atoms with van der Waals surface area (Å²) >= 11 is 0. The van der Waals surface area contributed by atoms with Crippen LogP contribution in [-0.4, -0.2) is 22.6 Å². The van der Waals surface area contributed by atoms with Gasteiger partial charge in [-0.05, 0) is 57.2 Å². The number of aromatic nitrogens is 1. The number of carbonyl (C=O) groups excluding carboxylic acids is 2. The summed E-state index contributed by atoms with van der Waals surface area (Å²) in [6, 6.07) is 11.8. The summed E-state index contributed by atoms with van der Waals surface area (Å²) in [5.74, 6) is -0.389. The Balaban J connectivity index is 1.82. The molecule has 132 valence electrons. The Morgan fingerprint density at radius 3 is 2.40 bits per heavy atom. The number of carbonyl (C=O) groups is 2. The molecular weight excluding hydrogens is 322 g/mol. The maximum absolute atomic E-state index is 12.0. The highest BCUT2D eigenvalue weighted by Crippen LogP contribution is 2.13. The van der Waals surface area contributed by atoms with Gasteiger partial charge < -0.3 is 4.74 Å². The first kappa shape index (κ1) is 18.4. The van der Waals surface area contributed by atoms with Crippen molar-refractivity contribution in [3.63, 3.8) is 0 Å². The standard InChI is InChI=1S/C18H21N3O4/c1-18(2,3)25-17(23)20-14-9-7-13(8-10-14)16(22)21-24-12-15-6-4-5-11-19-15/h4-11H,12H2,1-3H3,(H,20,23)(H,21,22). The van der Waals surface area contributed by atoms with Gasteiger partial charge in [-0.3, -0.25) is 19.9 Å². The van der Waals surface area contributed by atoms with Crippen LogP contribution in [-0.2, 0) is 16.2 Å². The lowest BCUT2D eigenvalue weighted by molar-refractivity contribution is 0.0222. The van der Waals surface area contributed by atoms with E-state index in [1.54, 1.807) is 63.4 Å². The van der Waals surface area contributed by atoms with Crippen molar-refractivity contribution < 1.29 is 19.2 Å². The van der Waals surface area contributed by atoms with Gasteiger partial charge in [-0.15, -0.1) is 0 Å². The van der Waals surface area contributed by atoms with E-state index in [4.69, 9.17) is 9.57 Å². The van der Waals surface area contributed by atoms with Gasteiger partial charge in [0.05, 0.1) is 5.69 Å². The van der Waals surface area contributed by atoms with Crippen molar-refractivity contribution in [2.75, 3.05) is 5.32 Å². The first-order valence-electron chi connectivity index (χ1n) is 7.75. The number of hydroxylamine groups is 1. The third-order valence-electron chi connectivity index (χ3n) is 2.90. The molecule has 0 aliphatic heterocycles. The van der Waals surface area contributed by atoms with Gasteiger partial charge in [-0.2, -0.15) is 0 Å². The van der Waals surface area contributed by atoms with Gasteiger partial charge in [-0.1, -0.05) is 6.07 Å². The lowest BCUT2D eigenvalue weighted by atomic mass is 10.2. The smallest absolute Gasteiger partial charge is 0.412 e. The van der Waals surface area contributed by atoms with E-state index in [1.165, 1.54) is 0 Å². The predicted octanol–water partition coefficient (Wildman–Crippen LogP) is 3.29. The highest BCUT2D eigenvalue weighted by Gasteiger charge is 2.16. The highest BCUT2D eigenvalue weighted by atomic mass is 16.6. The minimum Gasteiger partial charge on any atom is -0.444 e. The molecule has 7 nitrogen and oxygen atoms in total. The molecule has 1 heterocycles. The highest BCUT2D eigenvalue weighted by molar-refractivity contribution is 5.94. The Morgan fingerprint density at radius 2 is 1.80 bits per heavy atom. The minimum atomic E-state index is -0.575. The summed E-state index contributed by atoms with van der Waals surface area (Å²) < 4.78 is 5.16. The van der Waals surface area contributed by atoms with Crippen LogP contribution >= 0.6 is 0 Å². The SMILES string of the molecule is CC(C)(C)OC(=O)Nc1ccc(C(=O)NOCc2ccccn2)cc1. The van der Waals surface area contributed by atoms with E-state index in [2.05, 4.69) is 15.8 Å². The summed E-state index contributed by atoms with van der Waals surface area (Å²) in [6.45, 7) is 5.52. The molecular formula is C18H21N3O4. The van der Waals surface area contributed by atoms with E-state index in [1.807, 2.05) is 6.07 Å². The molecule has 2 amide bonds. The van der Waals surface area contributed by atoms with Gasteiger partial charge in [-0.25, -0.2) is 10.3 Å². The first-order chi connectivity index (χ1) is 11.8. The van der Waals surface area contributed by atoms with Gasteiger partial charge in [0.1, 0.15) is 12.2 Å². The second kappa shape index (κ2) is 8.25. The van der Waals surface area contributed by atoms with Crippen molar-refractivity contribution in [1.82, 2.24) is 10.5 Å². The topological polar surface area (TPSA) is 89.5 Å². The Kier molecular flexibility index (Phi) is 6.08. The fourth-order valence-corrected chi connectivity index (χ4v) is 1.84. The summed E-state index contributed by atoms with van der Waals surface area (Å²) in [5.41, 5.74) is 3.41. The van der Waals surface area contributed by atoms with Crippen LogP contribution < -0.4 is 10.8 Å². The van der Waals surface area contributed by atoms with E-state index < -0.39 is 11.7 Å². The van der Waals surface area contributed by atoms with Crippen LogP contribution in [0.3, 0.4) is 0 Å². The maximum Gasteiger partial charge on any atom is 0.412 e. The predicted molar refractivity (Wildman–Crippen MR) is 92.8 cm³/mol. The lowest BCUT2D eigenvalue weighted by Crippen LogP contribution is -2.27. The molecule has 1 aromatic heterocycles. The quantitative estimate of drug-likeness (QED) is 0.813. The zero-order chi connectivity index (χ0) is 18.3. The molecule has 0 saturated carbocycles. The number of pyridine rings is 1. The Hall–Kier alpha value is -2.93. The van der Waals surface area contributed by atoms with Crippen molar-refractivity contribution in [1.29, 1.82) is 0 Å². The van der Waals surface area contributed by atoms with Crippen LogP contribution in [0.2, 0.25) is 0 Å². The number of nitrogens with zero attached hydrogens (tertiary/aromatic N) is 1. The monoisotopic (exact) mass is 343 g/mol. The molecule has 0 aliphatic rings. The van der Waals surface area contributed by atoms with Crippen LogP contribution in [0.25, 0.3) is 0 Å². The van der Waals surface area contributed by atoms with E-state index >= 15 is 0 Å². The van der Waals surface area contributed by atoms with Gasteiger partial charge >= 0.3 is 6.09 Å². The average molecular weight is 343 g/mol. The number of rotatable bonds is 5. The summed E-state index contributed by atoms with van der Waals surface area (Å²) in [5, 5.41) is 2.60. The van der Waals surface area contributed by atoms with E-state index in [0.717, 1.165) is 0 Å². The molecule has 1 aromatic carbocycles. The number of hydrogen-bond acceptors (Lipinski definition) is 5. The average Bonchev–Trinajstić information content (AvgIpc) is 2.54. The van der Waals surface area contributed by atoms with Crippen molar-refractivity contribution in [3.8, 4) is 0 Å². The Morgan fingerprint density at radius 1 is 1.08 bits per heavy atom. The molecule has 0 saturated heterocycles. The van der Waals surface area contributed by atoms with E-state index in [9.17, 15) is 9.59 Å². The number of amides is 2. The van der Waals surface area contributed by atoms with Crippen molar-refractivity contribution in [2.45, 2.75) is 33.0 Å². The number of benzene rings is 1. The lowest BCUT2D eigenvalue weighted by Gasteiger charge is -2.19. The molecule has 0 aliphatic carbocycles. The maximum atomic E-state index is 12.0. The van der Waals surface area contributed by atoms with Gasteiger partial charge in [0, 0.05) is 17.4 Å². The van der Waals surface area contributed by atoms with Crippen LogP contribution in [0.5, 0.6) is 0 Å². The normalized spacial score (nSPS) is 10.8. The largest absolute Gasteiger partial charge is 0.444 e. The molecule has 0 unspecified atom stereocenters. The van der Waals surface area contributed by atoms with Crippen molar-refractivity contribution in [2.24, 2.45) is 0 Å². The first-order valence-corrected chi connectivity index (χ1v) is 7.75. The van der Waals surface area contributed by atoms with Crippen molar-refractivity contribution >= 4 is 17.7 Å². The fraction of sp³-hybridized carbons (Fsp3) is 0.278. The van der Waals surface area contributed by atoms with Crippen LogP contribution in [0.1, 0.15) is 36.8 Å². The van der Waals surface area contributed by atoms with Crippen LogP contribution in [0.4, 0.5) is 10.5 Å². The van der Waals surface area contributed by atoms with Gasteiger partial charge in [0.2, 0.25) is 0 Å². The number of anilines is 1. The van der Waals surface area contributed by atoms with Crippen LogP contribution in [0.15, 0.2) is 48.7 Å². The molecule has 0 atom stereocenters. The molecule has 2 rings (SSSR count). The third-order valence-corrected chi connectivity index (χ3v) is 2.90. The fourth-order valence-electron chi connectivity index (χ4n) is 1.84. The molecule has 2 aromatic rings. The van der Waals surface area contributed by atoms with Crippen molar-refractivity contribution in [3.05, 3.63) is 59.9 Å². The Bertz CT molecular complexity index is 709. The van der Waals surface area contributed by atoms with Crippen LogP contribution in [0, 0.1) is 0 Å². The van der Waals surface area contributed by atoms with Gasteiger partial charge in [0.15, 0.2) is 0 Å². The molecule has 0 spiro atoms. The molecule has 25 heavy (non-hydrogen) atoms.